The lowest BCUT2D eigenvalue weighted by Crippen LogP contribution is -2.14. The van der Waals surface area contributed by atoms with Crippen molar-refractivity contribution < 1.29 is 9.53 Å². The third-order valence-electron chi connectivity index (χ3n) is 2.95. The molecule has 0 aromatic heterocycles. The number of aryl methyl sites for hydroxylation is 1. The fourth-order valence-electron chi connectivity index (χ4n) is 1.80. The van der Waals surface area contributed by atoms with Crippen LogP contribution in [0, 0.1) is 6.92 Å². The first-order valence-corrected chi connectivity index (χ1v) is 6.40. The minimum atomic E-state index is -0.259. The summed E-state index contributed by atoms with van der Waals surface area (Å²) in [7, 11) is 1.55. The zero-order valence-corrected chi connectivity index (χ0v) is 12.0. The fraction of sp³-hybridized carbons (Fsp3) is 0.133. The number of ether oxygens (including phenoxy) is 1. The number of halogens is 1. The van der Waals surface area contributed by atoms with Gasteiger partial charge in [-0.1, -0.05) is 17.7 Å². The third kappa shape index (κ3) is 3.03. The van der Waals surface area contributed by atoms with Crippen molar-refractivity contribution in [3.05, 3.63) is 52.5 Å². The maximum atomic E-state index is 12.3. The molecule has 0 unspecified atom stereocenters. The Labute approximate surface area is 122 Å². The van der Waals surface area contributed by atoms with Crippen molar-refractivity contribution in [2.45, 2.75) is 6.92 Å². The number of nitrogens with one attached hydrogen (secondary N) is 1. The number of hydrogen-bond donors (Lipinski definition) is 2. The molecule has 4 nitrogen and oxygen atoms in total. The van der Waals surface area contributed by atoms with Crippen molar-refractivity contribution >= 4 is 28.9 Å². The van der Waals surface area contributed by atoms with Crippen LogP contribution in [0.2, 0.25) is 5.02 Å². The van der Waals surface area contributed by atoms with Gasteiger partial charge in [0.05, 0.1) is 18.5 Å². The van der Waals surface area contributed by atoms with Crippen LogP contribution in [0.4, 0.5) is 11.4 Å². The summed E-state index contributed by atoms with van der Waals surface area (Å²) in [4.78, 5) is 12.3. The van der Waals surface area contributed by atoms with Crippen molar-refractivity contribution in [1.29, 1.82) is 0 Å². The molecule has 0 heterocycles. The third-order valence-corrected chi connectivity index (χ3v) is 3.19. The largest absolute Gasteiger partial charge is 0.497 e. The quantitative estimate of drug-likeness (QED) is 0.851. The molecule has 2 aromatic carbocycles. The Morgan fingerprint density at radius 1 is 1.25 bits per heavy atom. The molecule has 0 bridgehead atoms. The highest BCUT2D eigenvalue weighted by Gasteiger charge is 2.12. The molecule has 0 aliphatic carbocycles. The number of carbonyl (C=O) groups is 1. The van der Waals surface area contributed by atoms with E-state index < -0.39 is 0 Å². The minimum Gasteiger partial charge on any atom is -0.497 e. The van der Waals surface area contributed by atoms with E-state index in [1.165, 1.54) is 0 Å². The van der Waals surface area contributed by atoms with Crippen LogP contribution in [-0.4, -0.2) is 13.0 Å². The highest BCUT2D eigenvalue weighted by molar-refractivity contribution is 6.31. The molecule has 0 saturated carbocycles. The van der Waals surface area contributed by atoms with Crippen molar-refractivity contribution in [2.24, 2.45) is 0 Å². The van der Waals surface area contributed by atoms with E-state index in [1.54, 1.807) is 43.5 Å². The number of nitrogen functional groups attached to an aromatic ring is 1. The lowest BCUT2D eigenvalue weighted by molar-refractivity contribution is 0.102. The van der Waals surface area contributed by atoms with Crippen LogP contribution in [0.1, 0.15) is 15.9 Å². The van der Waals surface area contributed by atoms with Crippen LogP contribution in [-0.2, 0) is 0 Å². The second-order valence-corrected chi connectivity index (χ2v) is 4.80. The lowest BCUT2D eigenvalue weighted by Gasteiger charge is -2.11. The van der Waals surface area contributed by atoms with Gasteiger partial charge >= 0.3 is 0 Å². The van der Waals surface area contributed by atoms with Gasteiger partial charge in [-0.3, -0.25) is 4.79 Å². The Balaban J connectivity index is 2.30. The van der Waals surface area contributed by atoms with Gasteiger partial charge in [-0.15, -0.1) is 0 Å². The van der Waals surface area contributed by atoms with Crippen LogP contribution >= 0.6 is 11.6 Å². The predicted molar refractivity (Wildman–Crippen MR) is 81.5 cm³/mol. The van der Waals surface area contributed by atoms with Gasteiger partial charge in [-0.05, 0) is 36.8 Å². The molecule has 0 saturated heterocycles. The van der Waals surface area contributed by atoms with Gasteiger partial charge in [-0.25, -0.2) is 0 Å². The van der Waals surface area contributed by atoms with E-state index in [4.69, 9.17) is 22.1 Å². The number of anilines is 2. The first-order valence-electron chi connectivity index (χ1n) is 6.02. The molecular weight excluding hydrogens is 276 g/mol. The van der Waals surface area contributed by atoms with Gasteiger partial charge in [0.2, 0.25) is 0 Å². The minimum absolute atomic E-state index is 0.259. The number of amides is 1. The summed E-state index contributed by atoms with van der Waals surface area (Å²) in [6.45, 7) is 1.85. The number of hydrogen-bond acceptors (Lipinski definition) is 3. The number of rotatable bonds is 3. The Morgan fingerprint density at radius 2 is 2.00 bits per heavy atom. The zero-order chi connectivity index (χ0) is 14.7. The van der Waals surface area contributed by atoms with E-state index in [0.717, 1.165) is 5.56 Å². The number of benzene rings is 2. The molecule has 2 rings (SSSR count). The normalized spacial score (nSPS) is 10.2. The Bertz CT molecular complexity index is 656. The first-order chi connectivity index (χ1) is 9.51. The molecule has 0 fully saturated rings. The van der Waals surface area contributed by atoms with E-state index in [2.05, 4.69) is 5.32 Å². The van der Waals surface area contributed by atoms with Crippen LogP contribution in [0.15, 0.2) is 36.4 Å². The monoisotopic (exact) mass is 290 g/mol. The van der Waals surface area contributed by atoms with Crippen molar-refractivity contribution in [2.75, 3.05) is 18.2 Å². The highest BCUT2D eigenvalue weighted by Crippen LogP contribution is 2.25. The van der Waals surface area contributed by atoms with Gasteiger partial charge < -0.3 is 15.8 Å². The molecule has 0 atom stereocenters. The second-order valence-electron chi connectivity index (χ2n) is 4.37. The molecule has 0 radical (unpaired) electrons. The number of methoxy groups -OCH3 is 1. The van der Waals surface area contributed by atoms with E-state index >= 15 is 0 Å². The second kappa shape index (κ2) is 5.84. The Morgan fingerprint density at radius 3 is 2.70 bits per heavy atom. The average Bonchev–Trinajstić information content (AvgIpc) is 2.43. The molecule has 0 aliphatic rings. The summed E-state index contributed by atoms with van der Waals surface area (Å²) in [6.07, 6.45) is 0. The van der Waals surface area contributed by atoms with Crippen molar-refractivity contribution in [3.63, 3.8) is 0 Å². The van der Waals surface area contributed by atoms with Gasteiger partial charge in [0.25, 0.3) is 5.91 Å². The Hall–Kier alpha value is -2.20. The van der Waals surface area contributed by atoms with Crippen molar-refractivity contribution in [3.8, 4) is 5.75 Å². The summed E-state index contributed by atoms with van der Waals surface area (Å²) in [6, 6.07) is 10.3. The molecule has 20 heavy (non-hydrogen) atoms. The van der Waals surface area contributed by atoms with Crippen LogP contribution < -0.4 is 15.8 Å². The maximum Gasteiger partial charge on any atom is 0.256 e. The molecule has 3 N–H and O–H groups in total. The van der Waals surface area contributed by atoms with Gasteiger partial charge in [0, 0.05) is 16.7 Å². The number of carbonyl (C=O) groups excluding carboxylic acids is 1. The van der Waals surface area contributed by atoms with Crippen LogP contribution in [0.3, 0.4) is 0 Å². The van der Waals surface area contributed by atoms with E-state index in [9.17, 15) is 4.79 Å². The highest BCUT2D eigenvalue weighted by atomic mass is 35.5. The topological polar surface area (TPSA) is 64.3 Å². The standard InChI is InChI=1S/C15H15ClN2O2/c1-9-3-4-10(16)7-12(9)15(19)18-14-8-11(20-2)5-6-13(14)17/h3-8H,17H2,1-2H3,(H,18,19). The molecule has 1 amide bonds. The molecule has 104 valence electrons. The van der Waals surface area contributed by atoms with Gasteiger partial charge in [0.15, 0.2) is 0 Å². The summed E-state index contributed by atoms with van der Waals surface area (Å²) in [5.74, 6) is 0.363. The maximum absolute atomic E-state index is 12.3. The molecule has 0 aliphatic heterocycles. The van der Waals surface area contributed by atoms with Gasteiger partial charge in [0.1, 0.15) is 5.75 Å². The van der Waals surface area contributed by atoms with Gasteiger partial charge in [-0.2, -0.15) is 0 Å². The number of nitrogens with two attached hydrogens (primary N) is 1. The zero-order valence-electron chi connectivity index (χ0n) is 11.2. The van der Waals surface area contributed by atoms with E-state index in [0.29, 0.717) is 27.7 Å². The average molecular weight is 291 g/mol. The molecule has 2 aromatic rings. The lowest BCUT2D eigenvalue weighted by atomic mass is 10.1. The summed E-state index contributed by atoms with van der Waals surface area (Å²) < 4.78 is 5.11. The molecule has 0 spiro atoms. The fourth-order valence-corrected chi connectivity index (χ4v) is 1.97. The van der Waals surface area contributed by atoms with Crippen LogP contribution in [0.25, 0.3) is 0 Å². The Kier molecular flexibility index (Phi) is 4.15. The summed E-state index contributed by atoms with van der Waals surface area (Å²) >= 11 is 5.92. The van der Waals surface area contributed by atoms with Crippen molar-refractivity contribution in [1.82, 2.24) is 0 Å². The van der Waals surface area contributed by atoms with E-state index in [-0.39, 0.29) is 5.91 Å². The van der Waals surface area contributed by atoms with Crippen LogP contribution in [0.5, 0.6) is 5.75 Å². The first kappa shape index (κ1) is 14.2. The SMILES string of the molecule is COc1ccc(N)c(NC(=O)c2cc(Cl)ccc2C)c1. The smallest absolute Gasteiger partial charge is 0.256 e. The molecule has 5 heteroatoms. The summed E-state index contributed by atoms with van der Waals surface area (Å²) in [5, 5.41) is 3.28. The summed E-state index contributed by atoms with van der Waals surface area (Å²) in [5.41, 5.74) is 8.18. The predicted octanol–water partition coefficient (Wildman–Crippen LogP) is 3.49. The molecular formula is C15H15ClN2O2. The van der Waals surface area contributed by atoms with E-state index in [1.807, 2.05) is 6.92 Å².